The topological polar surface area (TPSA) is 65.1 Å². The first kappa shape index (κ1) is 17.7. The van der Waals surface area contributed by atoms with Crippen molar-refractivity contribution in [1.82, 2.24) is 20.0 Å². The zero-order chi connectivity index (χ0) is 15.8. The molecule has 122 valence electrons. The van der Waals surface area contributed by atoms with Crippen LogP contribution in [0.4, 0.5) is 4.79 Å². The van der Waals surface area contributed by atoms with Crippen LogP contribution in [0.2, 0.25) is 0 Å². The van der Waals surface area contributed by atoms with E-state index in [9.17, 15) is 9.59 Å². The van der Waals surface area contributed by atoms with Crippen LogP contribution >= 0.6 is 0 Å². The first-order chi connectivity index (χ1) is 9.93. The summed E-state index contributed by atoms with van der Waals surface area (Å²) in [6, 6.07) is -0.247. The number of nitrogens with zero attached hydrogens (tertiary/aromatic N) is 3. The summed E-state index contributed by atoms with van der Waals surface area (Å²) in [5.41, 5.74) is 0. The van der Waals surface area contributed by atoms with Crippen molar-refractivity contribution >= 4 is 11.9 Å². The van der Waals surface area contributed by atoms with E-state index in [0.717, 1.165) is 39.2 Å². The summed E-state index contributed by atoms with van der Waals surface area (Å²) in [7, 11) is 6.80. The van der Waals surface area contributed by atoms with Gasteiger partial charge in [0.1, 0.15) is 0 Å². The number of nitrogens with one attached hydrogen (secondary N) is 1. The second-order valence-electron chi connectivity index (χ2n) is 5.78. The monoisotopic (exact) mass is 300 g/mol. The summed E-state index contributed by atoms with van der Waals surface area (Å²) in [5, 5.41) is 2.59. The third-order valence-electron chi connectivity index (χ3n) is 3.74. The van der Waals surface area contributed by atoms with E-state index in [0.29, 0.717) is 5.92 Å². The van der Waals surface area contributed by atoms with E-state index in [4.69, 9.17) is 4.74 Å². The fourth-order valence-electron chi connectivity index (χ4n) is 2.42. The van der Waals surface area contributed by atoms with E-state index >= 15 is 0 Å². The Kier molecular flexibility index (Phi) is 7.45. The van der Waals surface area contributed by atoms with E-state index in [1.54, 1.807) is 33.2 Å². The molecule has 0 saturated carbocycles. The highest BCUT2D eigenvalue weighted by atomic mass is 16.5. The van der Waals surface area contributed by atoms with Crippen molar-refractivity contribution < 1.29 is 14.3 Å². The molecule has 0 aromatic rings. The molecule has 3 amide bonds. The predicted octanol–water partition coefficient (Wildman–Crippen LogP) is -0.316. The van der Waals surface area contributed by atoms with Crippen molar-refractivity contribution in [3.8, 4) is 0 Å². The molecule has 1 atom stereocenters. The van der Waals surface area contributed by atoms with Crippen molar-refractivity contribution in [2.24, 2.45) is 5.92 Å². The normalized spacial score (nSPS) is 18.6. The van der Waals surface area contributed by atoms with Crippen molar-refractivity contribution in [2.75, 3.05) is 67.6 Å². The van der Waals surface area contributed by atoms with Gasteiger partial charge in [-0.2, -0.15) is 0 Å². The number of carbonyl (C=O) groups is 2. The lowest BCUT2D eigenvalue weighted by atomic mass is 10.1. The summed E-state index contributed by atoms with van der Waals surface area (Å²) in [6.45, 7) is 4.55. The van der Waals surface area contributed by atoms with Gasteiger partial charge in [0.25, 0.3) is 0 Å². The van der Waals surface area contributed by atoms with E-state index in [2.05, 4.69) is 10.2 Å². The summed E-state index contributed by atoms with van der Waals surface area (Å²) in [6.07, 6.45) is 1.10. The molecule has 1 aliphatic heterocycles. The quantitative estimate of drug-likeness (QED) is 0.700. The molecular weight excluding hydrogens is 272 g/mol. The molecule has 0 aromatic heterocycles. The van der Waals surface area contributed by atoms with Crippen LogP contribution in [0.3, 0.4) is 0 Å². The van der Waals surface area contributed by atoms with E-state index in [1.807, 2.05) is 0 Å². The molecular formula is C14H28N4O3. The maximum absolute atomic E-state index is 12.0. The molecule has 0 spiro atoms. The van der Waals surface area contributed by atoms with E-state index < -0.39 is 0 Å². The Hall–Kier alpha value is -1.34. The number of rotatable bonds is 7. The van der Waals surface area contributed by atoms with Gasteiger partial charge >= 0.3 is 6.03 Å². The molecule has 0 aromatic carbocycles. The molecule has 0 radical (unpaired) electrons. The van der Waals surface area contributed by atoms with Crippen molar-refractivity contribution in [1.29, 1.82) is 0 Å². The van der Waals surface area contributed by atoms with Crippen LogP contribution < -0.4 is 5.32 Å². The van der Waals surface area contributed by atoms with E-state index in [1.165, 1.54) is 4.90 Å². The fraction of sp³-hybridized carbons (Fsp3) is 0.857. The number of ether oxygens (including phenoxy) is 1. The predicted molar refractivity (Wildman–Crippen MR) is 81.1 cm³/mol. The molecule has 0 aliphatic carbocycles. The minimum Gasteiger partial charge on any atom is -0.383 e. The highest BCUT2D eigenvalue weighted by Gasteiger charge is 2.24. The van der Waals surface area contributed by atoms with E-state index in [-0.39, 0.29) is 18.5 Å². The Bertz CT molecular complexity index is 349. The first-order valence-corrected chi connectivity index (χ1v) is 7.34. The Labute approximate surface area is 127 Å². The minimum absolute atomic E-state index is 0.0492. The number of hydrogen-bond acceptors (Lipinski definition) is 4. The van der Waals surface area contributed by atoms with Gasteiger partial charge in [-0.25, -0.2) is 4.79 Å². The number of likely N-dealkylation sites (N-methyl/N-ethyl adjacent to an activating group) is 1. The zero-order valence-electron chi connectivity index (χ0n) is 13.6. The molecule has 21 heavy (non-hydrogen) atoms. The molecule has 7 nitrogen and oxygen atoms in total. The lowest BCUT2D eigenvalue weighted by Gasteiger charge is -2.22. The first-order valence-electron chi connectivity index (χ1n) is 7.34. The van der Waals surface area contributed by atoms with Gasteiger partial charge in [-0.15, -0.1) is 0 Å². The second kappa shape index (κ2) is 8.84. The third-order valence-corrected chi connectivity index (χ3v) is 3.74. The number of carbonyl (C=O) groups excluding carboxylic acids is 2. The van der Waals surface area contributed by atoms with Gasteiger partial charge in [0.15, 0.2) is 0 Å². The maximum atomic E-state index is 12.0. The van der Waals surface area contributed by atoms with Crippen LogP contribution in [0, 0.1) is 5.92 Å². The summed E-state index contributed by atoms with van der Waals surface area (Å²) in [4.78, 5) is 28.8. The molecule has 0 bridgehead atoms. The van der Waals surface area contributed by atoms with Gasteiger partial charge in [0.05, 0.1) is 13.2 Å². The van der Waals surface area contributed by atoms with Crippen LogP contribution in [0.15, 0.2) is 0 Å². The van der Waals surface area contributed by atoms with Crippen LogP contribution in [0.1, 0.15) is 6.42 Å². The highest BCUT2D eigenvalue weighted by molar-refractivity contribution is 5.83. The van der Waals surface area contributed by atoms with Crippen LogP contribution in [-0.2, 0) is 9.53 Å². The van der Waals surface area contributed by atoms with Crippen LogP contribution in [0.25, 0.3) is 0 Å². The van der Waals surface area contributed by atoms with Gasteiger partial charge in [-0.3, -0.25) is 4.79 Å². The summed E-state index contributed by atoms with van der Waals surface area (Å²) >= 11 is 0. The van der Waals surface area contributed by atoms with Gasteiger partial charge < -0.3 is 24.8 Å². The summed E-state index contributed by atoms with van der Waals surface area (Å²) in [5.74, 6) is 0.445. The largest absolute Gasteiger partial charge is 0.383 e. The Morgan fingerprint density at radius 3 is 2.67 bits per heavy atom. The highest BCUT2D eigenvalue weighted by Crippen LogP contribution is 2.16. The average Bonchev–Trinajstić information content (AvgIpc) is 2.89. The number of hydrogen-bond donors (Lipinski definition) is 1. The lowest BCUT2D eigenvalue weighted by Crippen LogP contribution is -2.43. The van der Waals surface area contributed by atoms with Crippen molar-refractivity contribution in [2.45, 2.75) is 6.42 Å². The number of likely N-dealkylation sites (tertiary alicyclic amines) is 1. The van der Waals surface area contributed by atoms with Gasteiger partial charge in [-0.1, -0.05) is 0 Å². The molecule has 7 heteroatoms. The molecule has 1 rings (SSSR count). The van der Waals surface area contributed by atoms with Crippen LogP contribution in [0.5, 0.6) is 0 Å². The van der Waals surface area contributed by atoms with Gasteiger partial charge in [0.2, 0.25) is 5.91 Å². The molecule has 1 aliphatic rings. The van der Waals surface area contributed by atoms with Crippen molar-refractivity contribution in [3.05, 3.63) is 0 Å². The fourth-order valence-corrected chi connectivity index (χ4v) is 2.42. The van der Waals surface area contributed by atoms with Gasteiger partial charge in [-0.05, 0) is 18.9 Å². The van der Waals surface area contributed by atoms with Crippen LogP contribution in [-0.4, -0.2) is 94.2 Å². The smallest absolute Gasteiger partial charge is 0.317 e. The number of amides is 3. The summed E-state index contributed by atoms with van der Waals surface area (Å²) < 4.78 is 5.08. The second-order valence-corrected chi connectivity index (χ2v) is 5.78. The maximum Gasteiger partial charge on any atom is 0.317 e. The molecule has 1 N–H and O–H groups in total. The molecule has 1 heterocycles. The minimum atomic E-state index is -0.247. The zero-order valence-corrected chi connectivity index (χ0v) is 13.6. The number of urea groups is 1. The Balaban J connectivity index is 2.25. The Morgan fingerprint density at radius 1 is 1.33 bits per heavy atom. The average molecular weight is 300 g/mol. The molecule has 1 fully saturated rings. The molecule has 1 saturated heterocycles. The lowest BCUT2D eigenvalue weighted by molar-refractivity contribution is -0.129. The molecule has 1 unspecified atom stereocenters. The SMILES string of the molecule is COCCN1CCC(CN(C)C(=O)CNC(=O)N(C)C)C1. The third kappa shape index (κ3) is 6.31. The number of methoxy groups -OCH3 is 1. The Morgan fingerprint density at radius 2 is 2.05 bits per heavy atom. The van der Waals surface area contributed by atoms with Crippen molar-refractivity contribution in [3.63, 3.8) is 0 Å². The van der Waals surface area contributed by atoms with Gasteiger partial charge in [0, 0.05) is 47.9 Å². The standard InChI is InChI=1S/C14H28N4O3/c1-16(2)14(20)15-9-13(19)17(3)10-12-5-6-18(11-12)7-8-21-4/h12H,5-11H2,1-4H3,(H,15,20).